The Morgan fingerprint density at radius 1 is 1.20 bits per heavy atom. The molecular weight excluding hydrogens is 340 g/mol. The number of anilines is 1. The Balaban J connectivity index is 2.11. The van der Waals surface area contributed by atoms with Gasteiger partial charge in [0.05, 0.1) is 12.1 Å². The fourth-order valence-corrected chi connectivity index (χ4v) is 3.29. The van der Waals surface area contributed by atoms with Gasteiger partial charge in [-0.25, -0.2) is 9.97 Å². The number of methoxy groups -OCH3 is 1. The number of halogens is 1. The Kier molecular flexibility index (Phi) is 3.65. The fourth-order valence-electron chi connectivity index (χ4n) is 2.90. The molecular formula is C17H15ClN6O. The Morgan fingerprint density at radius 3 is 2.80 bits per heavy atom. The number of nitrogens with zero attached hydrogens (tertiary/aromatic N) is 5. The zero-order chi connectivity index (χ0) is 17.6. The number of hydrogen-bond acceptors (Lipinski definition) is 6. The molecule has 4 rings (SSSR count). The second-order valence-electron chi connectivity index (χ2n) is 5.55. The van der Waals surface area contributed by atoms with Crippen LogP contribution in [0, 0.1) is 6.92 Å². The topological polar surface area (TPSA) is 77.2 Å². The van der Waals surface area contributed by atoms with Crippen LogP contribution in [0.4, 0.5) is 5.95 Å². The van der Waals surface area contributed by atoms with Gasteiger partial charge >= 0.3 is 0 Å². The van der Waals surface area contributed by atoms with Gasteiger partial charge < -0.3 is 10.1 Å². The van der Waals surface area contributed by atoms with E-state index >= 15 is 0 Å². The molecule has 3 aromatic heterocycles. The molecule has 0 fully saturated rings. The van der Waals surface area contributed by atoms with E-state index in [1.807, 2.05) is 25.1 Å². The van der Waals surface area contributed by atoms with Crippen molar-refractivity contribution in [3.63, 3.8) is 0 Å². The van der Waals surface area contributed by atoms with Crippen molar-refractivity contribution in [1.29, 1.82) is 0 Å². The molecule has 0 atom stereocenters. The predicted molar refractivity (Wildman–Crippen MR) is 97.4 cm³/mol. The molecule has 3 heterocycles. The van der Waals surface area contributed by atoms with Gasteiger partial charge in [-0.1, -0.05) is 17.7 Å². The molecule has 0 radical (unpaired) electrons. The molecule has 0 aliphatic rings. The first-order valence-corrected chi connectivity index (χ1v) is 8.02. The third kappa shape index (κ3) is 2.35. The molecule has 7 nitrogen and oxygen atoms in total. The first kappa shape index (κ1) is 15.6. The van der Waals surface area contributed by atoms with E-state index in [2.05, 4.69) is 25.4 Å². The summed E-state index contributed by atoms with van der Waals surface area (Å²) < 4.78 is 7.06. The highest BCUT2D eigenvalue weighted by Gasteiger charge is 2.18. The van der Waals surface area contributed by atoms with Gasteiger partial charge in [-0.15, -0.1) is 0 Å². The van der Waals surface area contributed by atoms with Crippen LogP contribution in [0.5, 0.6) is 5.75 Å². The summed E-state index contributed by atoms with van der Waals surface area (Å²) in [6, 6.07) is 5.80. The Morgan fingerprint density at radius 2 is 2.04 bits per heavy atom. The van der Waals surface area contributed by atoms with E-state index < -0.39 is 0 Å². The quantitative estimate of drug-likeness (QED) is 0.608. The van der Waals surface area contributed by atoms with Crippen molar-refractivity contribution in [2.75, 3.05) is 19.5 Å². The van der Waals surface area contributed by atoms with Gasteiger partial charge in [-0.05, 0) is 24.6 Å². The lowest BCUT2D eigenvalue weighted by Gasteiger charge is -2.14. The first-order chi connectivity index (χ1) is 12.1. The molecule has 0 aliphatic heterocycles. The molecule has 0 bridgehead atoms. The maximum Gasteiger partial charge on any atom is 0.224 e. The lowest BCUT2D eigenvalue weighted by molar-refractivity contribution is 0.415. The fraction of sp³-hybridized carbons (Fsp3) is 0.176. The number of rotatable bonds is 3. The molecule has 0 amide bonds. The second kappa shape index (κ2) is 5.86. The van der Waals surface area contributed by atoms with Crippen LogP contribution in [0.25, 0.3) is 27.8 Å². The summed E-state index contributed by atoms with van der Waals surface area (Å²) >= 11 is 6.59. The van der Waals surface area contributed by atoms with Crippen LogP contribution in [0.1, 0.15) is 5.56 Å². The van der Waals surface area contributed by atoms with E-state index in [-0.39, 0.29) is 0 Å². The van der Waals surface area contributed by atoms with Gasteiger partial charge in [-0.3, -0.25) is 0 Å². The van der Waals surface area contributed by atoms with Gasteiger partial charge in [0.2, 0.25) is 5.95 Å². The van der Waals surface area contributed by atoms with Crippen molar-refractivity contribution in [1.82, 2.24) is 24.6 Å². The number of ether oxygens (including phenoxy) is 1. The first-order valence-electron chi connectivity index (χ1n) is 7.64. The van der Waals surface area contributed by atoms with Crippen molar-refractivity contribution >= 4 is 34.2 Å². The SMILES string of the molecule is CNc1ncc2cc(-c3c(C)ccc(OC)c3Cl)c3ncnn3c2n1. The highest BCUT2D eigenvalue weighted by atomic mass is 35.5. The van der Waals surface area contributed by atoms with Gasteiger partial charge in [0.1, 0.15) is 12.1 Å². The molecule has 8 heteroatoms. The minimum atomic E-state index is 0.521. The van der Waals surface area contributed by atoms with Crippen LogP contribution in [0.2, 0.25) is 5.02 Å². The van der Waals surface area contributed by atoms with Crippen LogP contribution in [0.3, 0.4) is 0 Å². The maximum atomic E-state index is 6.59. The molecule has 0 aliphatic carbocycles. The number of hydrogen-bond donors (Lipinski definition) is 1. The highest BCUT2D eigenvalue weighted by Crippen LogP contribution is 2.40. The van der Waals surface area contributed by atoms with Gasteiger partial charge in [-0.2, -0.15) is 14.6 Å². The average Bonchev–Trinajstić information content (AvgIpc) is 3.12. The number of aromatic nitrogens is 5. The van der Waals surface area contributed by atoms with E-state index in [0.717, 1.165) is 22.1 Å². The molecule has 0 saturated carbocycles. The molecule has 126 valence electrons. The molecule has 0 unspecified atom stereocenters. The summed E-state index contributed by atoms with van der Waals surface area (Å²) in [4.78, 5) is 13.2. The minimum Gasteiger partial charge on any atom is -0.495 e. The number of pyridine rings is 1. The predicted octanol–water partition coefficient (Wildman–Crippen LogP) is 3.35. The Labute approximate surface area is 148 Å². The van der Waals surface area contributed by atoms with Gasteiger partial charge in [0, 0.05) is 29.8 Å². The van der Waals surface area contributed by atoms with E-state index in [1.54, 1.807) is 24.9 Å². The molecule has 1 N–H and O–H groups in total. The van der Waals surface area contributed by atoms with Gasteiger partial charge in [0.25, 0.3) is 0 Å². The summed E-state index contributed by atoms with van der Waals surface area (Å²) in [5, 5.41) is 8.64. The molecule has 1 aromatic carbocycles. The number of benzene rings is 1. The molecule has 0 saturated heterocycles. The van der Waals surface area contributed by atoms with Crippen LogP contribution < -0.4 is 10.1 Å². The van der Waals surface area contributed by atoms with Crippen LogP contribution in [0.15, 0.2) is 30.7 Å². The van der Waals surface area contributed by atoms with Crippen molar-refractivity contribution in [3.05, 3.63) is 41.3 Å². The molecule has 25 heavy (non-hydrogen) atoms. The standard InChI is InChI=1S/C17H15ClN6O/c1-9-4-5-12(25-3)14(18)13(9)11-6-10-7-20-17(19-2)23-15(10)24-16(11)21-8-22-24/h4-8H,1-3H3,(H,19,20,23). The monoisotopic (exact) mass is 354 g/mol. The van der Waals surface area contributed by atoms with Crippen LogP contribution in [-0.4, -0.2) is 38.7 Å². The van der Waals surface area contributed by atoms with Crippen molar-refractivity contribution in [2.45, 2.75) is 6.92 Å². The summed E-state index contributed by atoms with van der Waals surface area (Å²) in [6.45, 7) is 2.00. The number of nitrogens with one attached hydrogen (secondary N) is 1. The normalized spacial score (nSPS) is 11.2. The van der Waals surface area contributed by atoms with Crippen molar-refractivity contribution in [3.8, 4) is 16.9 Å². The third-order valence-electron chi connectivity index (χ3n) is 4.11. The summed E-state index contributed by atoms with van der Waals surface area (Å²) in [7, 11) is 3.37. The van der Waals surface area contributed by atoms with Crippen molar-refractivity contribution < 1.29 is 4.74 Å². The van der Waals surface area contributed by atoms with Crippen LogP contribution in [-0.2, 0) is 0 Å². The van der Waals surface area contributed by atoms with E-state index in [9.17, 15) is 0 Å². The lowest BCUT2D eigenvalue weighted by atomic mass is 10.00. The minimum absolute atomic E-state index is 0.521. The Bertz CT molecular complexity index is 1110. The average molecular weight is 355 g/mol. The third-order valence-corrected chi connectivity index (χ3v) is 4.49. The molecule has 0 spiro atoms. The van der Waals surface area contributed by atoms with Crippen LogP contribution >= 0.6 is 11.6 Å². The number of fused-ring (bicyclic) bond motifs is 3. The number of aryl methyl sites for hydroxylation is 1. The van der Waals surface area contributed by atoms with Gasteiger partial charge in [0.15, 0.2) is 11.3 Å². The second-order valence-corrected chi connectivity index (χ2v) is 5.93. The zero-order valence-corrected chi connectivity index (χ0v) is 14.7. The largest absolute Gasteiger partial charge is 0.495 e. The summed E-state index contributed by atoms with van der Waals surface area (Å²) in [5.41, 5.74) is 4.08. The van der Waals surface area contributed by atoms with E-state index in [0.29, 0.717) is 28.0 Å². The summed E-state index contributed by atoms with van der Waals surface area (Å²) in [5.74, 6) is 1.13. The Hall–Kier alpha value is -2.93. The molecule has 4 aromatic rings. The van der Waals surface area contributed by atoms with E-state index in [1.165, 1.54) is 6.33 Å². The van der Waals surface area contributed by atoms with E-state index in [4.69, 9.17) is 16.3 Å². The lowest BCUT2D eigenvalue weighted by Crippen LogP contribution is -2.02. The smallest absolute Gasteiger partial charge is 0.224 e. The highest BCUT2D eigenvalue weighted by molar-refractivity contribution is 6.35. The summed E-state index contributed by atoms with van der Waals surface area (Å²) in [6.07, 6.45) is 3.25. The van der Waals surface area contributed by atoms with Crippen molar-refractivity contribution in [2.24, 2.45) is 0 Å². The zero-order valence-electron chi connectivity index (χ0n) is 13.9. The maximum absolute atomic E-state index is 6.59.